The lowest BCUT2D eigenvalue weighted by Crippen LogP contribution is -2.15. The quantitative estimate of drug-likeness (QED) is 0.795. The van der Waals surface area contributed by atoms with Gasteiger partial charge in [-0.15, -0.1) is 0 Å². The molecule has 0 radical (unpaired) electrons. The second-order valence-corrected chi connectivity index (χ2v) is 4.97. The van der Waals surface area contributed by atoms with Crippen molar-refractivity contribution in [1.29, 1.82) is 0 Å². The van der Waals surface area contributed by atoms with Gasteiger partial charge in [-0.2, -0.15) is 0 Å². The van der Waals surface area contributed by atoms with E-state index >= 15 is 0 Å². The number of aromatic nitrogens is 1. The fourth-order valence-electron chi connectivity index (χ4n) is 2.38. The number of rotatable bonds is 3. The number of halogens is 2. The maximum atomic E-state index is 13.7. The molecule has 0 amide bonds. The topological polar surface area (TPSA) is 38.9 Å². The van der Waals surface area contributed by atoms with Crippen LogP contribution in [0, 0.1) is 11.6 Å². The molecule has 0 bridgehead atoms. The summed E-state index contributed by atoms with van der Waals surface area (Å²) in [6.07, 6.45) is 1.81. The fraction of sp³-hybridized carbons (Fsp3) is 0.118. The maximum Gasteiger partial charge on any atom is 0.129 e. The number of hydrogen-bond donors (Lipinski definition) is 1. The van der Waals surface area contributed by atoms with Gasteiger partial charge in [0.25, 0.3) is 0 Å². The normalized spacial score (nSPS) is 12.5. The summed E-state index contributed by atoms with van der Waals surface area (Å²) in [5.74, 6) is -1.13. The standard InChI is InChI=1S/C17H14F2N2/c18-14-4-1-5-15(19)13(14)10-16(20)12-7-6-11-3-2-8-21-17(11)9-12/h1-9,16H,10,20H2. The van der Waals surface area contributed by atoms with Crippen LogP contribution in [0.5, 0.6) is 0 Å². The Kier molecular flexibility index (Phi) is 3.62. The summed E-state index contributed by atoms with van der Waals surface area (Å²) in [5.41, 5.74) is 7.74. The van der Waals surface area contributed by atoms with Crippen LogP contribution in [0.2, 0.25) is 0 Å². The maximum absolute atomic E-state index is 13.7. The van der Waals surface area contributed by atoms with Crippen LogP contribution in [0.15, 0.2) is 54.7 Å². The summed E-state index contributed by atoms with van der Waals surface area (Å²) in [6.45, 7) is 0. The van der Waals surface area contributed by atoms with Crippen molar-refractivity contribution in [3.63, 3.8) is 0 Å². The predicted octanol–water partition coefficient (Wildman–Crippen LogP) is 3.76. The van der Waals surface area contributed by atoms with E-state index in [0.29, 0.717) is 0 Å². The zero-order valence-electron chi connectivity index (χ0n) is 11.3. The van der Waals surface area contributed by atoms with Crippen LogP contribution in [0.1, 0.15) is 17.2 Å². The number of hydrogen-bond acceptors (Lipinski definition) is 2. The van der Waals surface area contributed by atoms with Crippen molar-refractivity contribution < 1.29 is 8.78 Å². The molecule has 2 aromatic carbocycles. The van der Waals surface area contributed by atoms with Crippen LogP contribution in [0.25, 0.3) is 10.9 Å². The Morgan fingerprint density at radius 3 is 2.52 bits per heavy atom. The first-order valence-electron chi connectivity index (χ1n) is 6.68. The third kappa shape index (κ3) is 2.76. The monoisotopic (exact) mass is 284 g/mol. The summed E-state index contributed by atoms with van der Waals surface area (Å²) in [7, 11) is 0. The van der Waals surface area contributed by atoms with E-state index in [4.69, 9.17) is 5.73 Å². The second-order valence-electron chi connectivity index (χ2n) is 4.97. The molecule has 1 atom stereocenters. The van der Waals surface area contributed by atoms with Gasteiger partial charge in [0, 0.05) is 23.2 Å². The Morgan fingerprint density at radius 2 is 1.76 bits per heavy atom. The van der Waals surface area contributed by atoms with Crippen molar-refractivity contribution in [3.05, 3.63) is 77.5 Å². The molecule has 21 heavy (non-hydrogen) atoms. The molecule has 0 saturated carbocycles. The van der Waals surface area contributed by atoms with Gasteiger partial charge in [-0.3, -0.25) is 4.98 Å². The molecule has 0 fully saturated rings. The number of pyridine rings is 1. The number of nitrogens with two attached hydrogens (primary N) is 1. The van der Waals surface area contributed by atoms with E-state index < -0.39 is 17.7 Å². The Balaban J connectivity index is 1.91. The van der Waals surface area contributed by atoms with E-state index in [-0.39, 0.29) is 12.0 Å². The average molecular weight is 284 g/mol. The molecule has 0 aliphatic heterocycles. The van der Waals surface area contributed by atoms with Crippen LogP contribution in [0.4, 0.5) is 8.78 Å². The molecular weight excluding hydrogens is 270 g/mol. The third-order valence-corrected chi connectivity index (χ3v) is 3.54. The highest BCUT2D eigenvalue weighted by atomic mass is 19.1. The molecule has 4 heteroatoms. The number of benzene rings is 2. The van der Waals surface area contributed by atoms with E-state index in [1.54, 1.807) is 6.20 Å². The van der Waals surface area contributed by atoms with Crippen molar-refractivity contribution in [3.8, 4) is 0 Å². The first-order valence-corrected chi connectivity index (χ1v) is 6.68. The molecule has 1 aromatic heterocycles. The molecule has 2 N–H and O–H groups in total. The van der Waals surface area contributed by atoms with Crippen LogP contribution < -0.4 is 5.73 Å². The van der Waals surface area contributed by atoms with Crippen molar-refractivity contribution in [2.45, 2.75) is 12.5 Å². The lowest BCUT2D eigenvalue weighted by Gasteiger charge is -2.14. The molecule has 0 saturated heterocycles. The van der Waals surface area contributed by atoms with Crippen molar-refractivity contribution in [2.75, 3.05) is 0 Å². The molecule has 1 unspecified atom stereocenters. The smallest absolute Gasteiger partial charge is 0.129 e. The lowest BCUT2D eigenvalue weighted by molar-refractivity contribution is 0.540. The summed E-state index contributed by atoms with van der Waals surface area (Å²) < 4.78 is 27.3. The molecule has 2 nitrogen and oxygen atoms in total. The van der Waals surface area contributed by atoms with E-state index in [1.807, 2.05) is 30.3 Å². The van der Waals surface area contributed by atoms with E-state index in [1.165, 1.54) is 18.2 Å². The Hall–Kier alpha value is -2.33. The first kappa shape index (κ1) is 13.6. The van der Waals surface area contributed by atoms with Gasteiger partial charge in [0.05, 0.1) is 5.52 Å². The van der Waals surface area contributed by atoms with Crippen LogP contribution in [-0.4, -0.2) is 4.98 Å². The number of nitrogens with zero attached hydrogens (tertiary/aromatic N) is 1. The summed E-state index contributed by atoms with van der Waals surface area (Å²) >= 11 is 0. The van der Waals surface area contributed by atoms with Gasteiger partial charge in [0.1, 0.15) is 11.6 Å². The van der Waals surface area contributed by atoms with Crippen molar-refractivity contribution >= 4 is 10.9 Å². The Bertz CT molecular complexity index is 766. The molecule has 0 aliphatic rings. The molecule has 0 spiro atoms. The van der Waals surface area contributed by atoms with Gasteiger partial charge in [-0.1, -0.05) is 24.3 Å². The first-order chi connectivity index (χ1) is 10.1. The highest BCUT2D eigenvalue weighted by Gasteiger charge is 2.14. The summed E-state index contributed by atoms with van der Waals surface area (Å²) in [4.78, 5) is 4.26. The van der Waals surface area contributed by atoms with Gasteiger partial charge in [0.15, 0.2) is 0 Å². The highest BCUT2D eigenvalue weighted by Crippen LogP contribution is 2.23. The van der Waals surface area contributed by atoms with E-state index in [0.717, 1.165) is 16.5 Å². The SMILES string of the molecule is NC(Cc1c(F)cccc1F)c1ccc2cccnc2c1. The van der Waals surface area contributed by atoms with Crippen LogP contribution in [-0.2, 0) is 6.42 Å². The Labute approximate surface area is 121 Å². The molecular formula is C17H14F2N2. The predicted molar refractivity (Wildman–Crippen MR) is 78.7 cm³/mol. The van der Waals surface area contributed by atoms with Gasteiger partial charge >= 0.3 is 0 Å². The van der Waals surface area contributed by atoms with Crippen LogP contribution >= 0.6 is 0 Å². The van der Waals surface area contributed by atoms with Gasteiger partial charge in [-0.25, -0.2) is 8.78 Å². The van der Waals surface area contributed by atoms with Gasteiger partial charge in [0.2, 0.25) is 0 Å². The molecule has 106 valence electrons. The minimum Gasteiger partial charge on any atom is -0.324 e. The van der Waals surface area contributed by atoms with Gasteiger partial charge in [-0.05, 0) is 36.2 Å². The zero-order valence-corrected chi connectivity index (χ0v) is 11.3. The lowest BCUT2D eigenvalue weighted by atomic mass is 9.98. The molecule has 1 heterocycles. The summed E-state index contributed by atoms with van der Waals surface area (Å²) in [6, 6.07) is 12.8. The van der Waals surface area contributed by atoms with Crippen molar-refractivity contribution in [1.82, 2.24) is 4.98 Å². The van der Waals surface area contributed by atoms with E-state index in [2.05, 4.69) is 4.98 Å². The zero-order chi connectivity index (χ0) is 14.8. The molecule has 3 rings (SSSR count). The fourth-order valence-corrected chi connectivity index (χ4v) is 2.38. The largest absolute Gasteiger partial charge is 0.324 e. The molecule has 3 aromatic rings. The average Bonchev–Trinajstić information content (AvgIpc) is 2.50. The third-order valence-electron chi connectivity index (χ3n) is 3.54. The Morgan fingerprint density at radius 1 is 1.00 bits per heavy atom. The summed E-state index contributed by atoms with van der Waals surface area (Å²) in [5, 5.41) is 1.01. The van der Waals surface area contributed by atoms with Crippen molar-refractivity contribution in [2.24, 2.45) is 5.73 Å². The highest BCUT2D eigenvalue weighted by molar-refractivity contribution is 5.79. The van der Waals surface area contributed by atoms with Crippen LogP contribution in [0.3, 0.4) is 0 Å². The second kappa shape index (κ2) is 5.58. The van der Waals surface area contributed by atoms with E-state index in [9.17, 15) is 8.78 Å². The minimum atomic E-state index is -0.565. The number of fused-ring (bicyclic) bond motifs is 1. The molecule has 0 aliphatic carbocycles. The van der Waals surface area contributed by atoms with Gasteiger partial charge < -0.3 is 5.73 Å². The minimum absolute atomic E-state index is 0.0196.